The number of aliphatic hydroxyl groups is 1. The number of phenolic OH excluding ortho intramolecular Hbond substituents is 1. The van der Waals surface area contributed by atoms with Gasteiger partial charge in [-0.05, 0) is 31.0 Å². The van der Waals surface area contributed by atoms with Crippen molar-refractivity contribution in [3.63, 3.8) is 0 Å². The number of rotatable bonds is 3. The van der Waals surface area contributed by atoms with Crippen LogP contribution in [0.3, 0.4) is 0 Å². The minimum absolute atomic E-state index is 0.00417. The first-order chi connectivity index (χ1) is 6.47. The highest BCUT2D eigenvalue weighted by Crippen LogP contribution is 2.30. The lowest BCUT2D eigenvalue weighted by molar-refractivity contribution is 0.247. The summed E-state index contributed by atoms with van der Waals surface area (Å²) in [5.74, 6) is 0.110. The first-order valence-electron chi connectivity index (χ1n) is 4.36. The molecule has 0 saturated carbocycles. The first-order valence-corrected chi connectivity index (χ1v) is 4.74. The van der Waals surface area contributed by atoms with Gasteiger partial charge in [-0.15, -0.1) is 0 Å². The lowest BCUT2D eigenvalue weighted by atomic mass is 9.90. The molecular weight excluding hydrogens is 202 g/mol. The highest BCUT2D eigenvalue weighted by molar-refractivity contribution is 6.31. The van der Waals surface area contributed by atoms with Crippen molar-refractivity contribution in [3.8, 4) is 5.75 Å². The van der Waals surface area contributed by atoms with Crippen molar-refractivity contribution >= 4 is 11.6 Å². The van der Waals surface area contributed by atoms with Gasteiger partial charge >= 0.3 is 0 Å². The Kier molecular flexibility index (Phi) is 3.37. The number of aliphatic hydroxyl groups excluding tert-OH is 1. The Morgan fingerprint density at radius 3 is 2.64 bits per heavy atom. The van der Waals surface area contributed by atoms with Crippen molar-refractivity contribution in [2.24, 2.45) is 5.73 Å². The molecule has 0 bridgehead atoms. The summed E-state index contributed by atoms with van der Waals surface area (Å²) in [5.41, 5.74) is 6.03. The Balaban J connectivity index is 3.06. The zero-order valence-corrected chi connectivity index (χ0v) is 8.75. The van der Waals surface area contributed by atoms with E-state index in [1.165, 1.54) is 12.1 Å². The zero-order chi connectivity index (χ0) is 10.8. The van der Waals surface area contributed by atoms with Crippen LogP contribution in [-0.4, -0.2) is 16.8 Å². The van der Waals surface area contributed by atoms with Gasteiger partial charge in [-0.3, -0.25) is 0 Å². The molecule has 0 saturated heterocycles. The Hall–Kier alpha value is -0.770. The van der Waals surface area contributed by atoms with E-state index in [1.54, 1.807) is 13.0 Å². The molecular formula is C10H14ClNO2. The van der Waals surface area contributed by atoms with Crippen molar-refractivity contribution in [3.05, 3.63) is 28.8 Å². The van der Waals surface area contributed by atoms with Crippen LogP contribution in [0.15, 0.2) is 18.2 Å². The average Bonchev–Trinajstić information content (AvgIpc) is 2.02. The van der Waals surface area contributed by atoms with Crippen LogP contribution < -0.4 is 5.73 Å². The van der Waals surface area contributed by atoms with Gasteiger partial charge in [0.2, 0.25) is 0 Å². The van der Waals surface area contributed by atoms with Crippen LogP contribution in [0.2, 0.25) is 5.02 Å². The van der Waals surface area contributed by atoms with Gasteiger partial charge in [0.15, 0.2) is 0 Å². The number of benzene rings is 1. The lowest BCUT2D eigenvalue weighted by Crippen LogP contribution is -2.34. The molecule has 0 fully saturated rings. The predicted octanol–water partition coefficient (Wildman–Crippen LogP) is 1.60. The van der Waals surface area contributed by atoms with E-state index in [0.717, 1.165) is 5.56 Å². The summed E-state index contributed by atoms with van der Waals surface area (Å²) >= 11 is 5.93. The molecule has 4 N–H and O–H groups in total. The molecule has 78 valence electrons. The minimum atomic E-state index is -0.667. The number of aromatic hydroxyl groups is 1. The fourth-order valence-corrected chi connectivity index (χ4v) is 1.72. The third-order valence-electron chi connectivity index (χ3n) is 2.20. The summed E-state index contributed by atoms with van der Waals surface area (Å²) in [6.45, 7) is 1.80. The normalized spacial score (nSPS) is 15.1. The van der Waals surface area contributed by atoms with Crippen LogP contribution in [0.1, 0.15) is 18.9 Å². The number of hydrogen-bond donors (Lipinski definition) is 3. The maximum atomic E-state index is 9.16. The Labute approximate surface area is 88.1 Å². The van der Waals surface area contributed by atoms with E-state index in [-0.39, 0.29) is 12.4 Å². The molecule has 0 aliphatic carbocycles. The van der Waals surface area contributed by atoms with Gasteiger partial charge in [-0.1, -0.05) is 17.7 Å². The van der Waals surface area contributed by atoms with Crippen molar-refractivity contribution in [2.45, 2.75) is 18.9 Å². The van der Waals surface area contributed by atoms with E-state index in [0.29, 0.717) is 11.4 Å². The Morgan fingerprint density at radius 1 is 1.50 bits per heavy atom. The maximum Gasteiger partial charge on any atom is 0.117 e. The summed E-state index contributed by atoms with van der Waals surface area (Å²) in [6.07, 6.45) is 0.428. The summed E-state index contributed by atoms with van der Waals surface area (Å²) in [5, 5.41) is 18.4. The number of halogens is 1. The van der Waals surface area contributed by atoms with Crippen LogP contribution in [0.4, 0.5) is 0 Å². The third-order valence-corrected chi connectivity index (χ3v) is 2.51. The van der Waals surface area contributed by atoms with Crippen molar-refractivity contribution < 1.29 is 10.2 Å². The molecule has 0 heterocycles. The number of hydrogen-bond acceptors (Lipinski definition) is 3. The van der Waals surface area contributed by atoms with E-state index in [4.69, 9.17) is 27.5 Å². The summed E-state index contributed by atoms with van der Waals surface area (Å²) in [4.78, 5) is 0. The second-order valence-corrected chi connectivity index (χ2v) is 3.96. The molecule has 1 aromatic rings. The van der Waals surface area contributed by atoms with Crippen LogP contribution in [0, 0.1) is 0 Å². The predicted molar refractivity (Wildman–Crippen MR) is 56.4 cm³/mol. The summed E-state index contributed by atoms with van der Waals surface area (Å²) < 4.78 is 0. The quantitative estimate of drug-likeness (QED) is 0.718. The largest absolute Gasteiger partial charge is 0.508 e. The average molecular weight is 216 g/mol. The zero-order valence-electron chi connectivity index (χ0n) is 8.00. The van der Waals surface area contributed by atoms with Gasteiger partial charge in [0.25, 0.3) is 0 Å². The molecule has 0 spiro atoms. The standard InChI is InChI=1S/C10H14ClNO2/c1-10(12,4-5-13)8-3-2-7(14)6-9(8)11/h2-3,6,13-14H,4-5,12H2,1H3/t10-/m1/s1. The molecule has 1 rings (SSSR count). The lowest BCUT2D eigenvalue weighted by Gasteiger charge is -2.25. The van der Waals surface area contributed by atoms with Crippen molar-refractivity contribution in [2.75, 3.05) is 6.61 Å². The maximum absolute atomic E-state index is 9.16. The van der Waals surface area contributed by atoms with Crippen LogP contribution in [0.25, 0.3) is 0 Å². The minimum Gasteiger partial charge on any atom is -0.508 e. The Morgan fingerprint density at radius 2 is 2.14 bits per heavy atom. The van der Waals surface area contributed by atoms with E-state index in [9.17, 15) is 0 Å². The number of nitrogens with two attached hydrogens (primary N) is 1. The molecule has 0 aromatic heterocycles. The smallest absolute Gasteiger partial charge is 0.117 e. The van der Waals surface area contributed by atoms with Gasteiger partial charge in [0, 0.05) is 17.2 Å². The van der Waals surface area contributed by atoms with Gasteiger partial charge in [-0.25, -0.2) is 0 Å². The van der Waals surface area contributed by atoms with Crippen molar-refractivity contribution in [1.29, 1.82) is 0 Å². The second kappa shape index (κ2) is 4.17. The molecule has 1 aromatic carbocycles. The Bertz CT molecular complexity index is 326. The summed E-state index contributed by atoms with van der Waals surface area (Å²) in [7, 11) is 0. The van der Waals surface area contributed by atoms with Crippen LogP contribution in [-0.2, 0) is 5.54 Å². The monoisotopic (exact) mass is 215 g/mol. The molecule has 0 unspecified atom stereocenters. The van der Waals surface area contributed by atoms with Crippen LogP contribution in [0.5, 0.6) is 5.75 Å². The van der Waals surface area contributed by atoms with Crippen molar-refractivity contribution in [1.82, 2.24) is 0 Å². The van der Waals surface area contributed by atoms with Gasteiger partial charge < -0.3 is 15.9 Å². The molecule has 0 aliphatic heterocycles. The molecule has 0 radical (unpaired) electrons. The third kappa shape index (κ3) is 2.38. The van der Waals surface area contributed by atoms with E-state index >= 15 is 0 Å². The van der Waals surface area contributed by atoms with Gasteiger partial charge in [-0.2, -0.15) is 0 Å². The molecule has 0 amide bonds. The van der Waals surface area contributed by atoms with Crippen LogP contribution >= 0.6 is 11.6 Å². The van der Waals surface area contributed by atoms with E-state index in [1.807, 2.05) is 0 Å². The highest BCUT2D eigenvalue weighted by Gasteiger charge is 2.23. The molecule has 14 heavy (non-hydrogen) atoms. The van der Waals surface area contributed by atoms with E-state index < -0.39 is 5.54 Å². The van der Waals surface area contributed by atoms with Gasteiger partial charge in [0.05, 0.1) is 0 Å². The fraction of sp³-hybridized carbons (Fsp3) is 0.400. The molecule has 1 atom stereocenters. The topological polar surface area (TPSA) is 66.5 Å². The van der Waals surface area contributed by atoms with Gasteiger partial charge in [0.1, 0.15) is 5.75 Å². The number of phenols is 1. The SMILES string of the molecule is C[C@@](N)(CCO)c1ccc(O)cc1Cl. The fourth-order valence-electron chi connectivity index (χ4n) is 1.33. The molecule has 4 heteroatoms. The summed E-state index contributed by atoms with van der Waals surface area (Å²) in [6, 6.07) is 4.65. The molecule has 0 aliphatic rings. The highest BCUT2D eigenvalue weighted by atomic mass is 35.5. The first kappa shape index (κ1) is 11.3. The molecule has 3 nitrogen and oxygen atoms in total. The second-order valence-electron chi connectivity index (χ2n) is 3.56. The van der Waals surface area contributed by atoms with E-state index in [2.05, 4.69) is 0 Å².